The third-order valence-corrected chi connectivity index (χ3v) is 5.41. The van der Waals surface area contributed by atoms with Gasteiger partial charge in [0, 0.05) is 11.1 Å². The van der Waals surface area contributed by atoms with Gasteiger partial charge in [0.15, 0.2) is 0 Å². The van der Waals surface area contributed by atoms with Gasteiger partial charge in [-0.25, -0.2) is 0 Å². The van der Waals surface area contributed by atoms with Crippen LogP contribution in [0.15, 0.2) is 54.6 Å². The minimum Gasteiger partial charge on any atom is -0.310 e. The average Bonchev–Trinajstić information content (AvgIpc) is 2.93. The molecule has 4 nitrogen and oxygen atoms in total. The first kappa shape index (κ1) is 15.1. The zero-order chi connectivity index (χ0) is 16.5. The number of carbonyl (C=O) groups is 1. The molecule has 6 heteroatoms. The number of hydrogen-bond acceptors (Lipinski definition) is 3. The Kier molecular flexibility index (Phi) is 3.90. The molecule has 1 amide bonds. The minimum absolute atomic E-state index is 0.000812. The Bertz CT molecular complexity index is 877. The van der Waals surface area contributed by atoms with Gasteiger partial charge < -0.3 is 5.32 Å². The molecule has 0 fully saturated rings. The van der Waals surface area contributed by atoms with E-state index in [-0.39, 0.29) is 11.2 Å². The van der Waals surface area contributed by atoms with Crippen LogP contribution in [0.4, 0.5) is 5.82 Å². The predicted octanol–water partition coefficient (Wildman–Crippen LogP) is 2.11. The van der Waals surface area contributed by atoms with Crippen LogP contribution in [0.1, 0.15) is 16.4 Å². The average molecular weight is 333 g/mol. The fraction of sp³-hybridized carbons (Fsp3) is 0.111. The Hall–Kier alpha value is -2.47. The molecule has 2 N–H and O–H groups in total. The molecule has 1 aliphatic heterocycles. The van der Waals surface area contributed by atoms with E-state index in [1.54, 1.807) is 11.8 Å². The van der Waals surface area contributed by atoms with Gasteiger partial charge in [0.1, 0.15) is 13.7 Å². The first-order chi connectivity index (χ1) is 11.7. The molecule has 2 aromatic carbocycles. The summed E-state index contributed by atoms with van der Waals surface area (Å²) in [5.74, 6) is 1.13. The summed E-state index contributed by atoms with van der Waals surface area (Å²) in [6, 6.07) is 18.6. The standard InChI is InChI=1S/C18H16BN3OS/c19-13-8-6-12(7-9-13)17-15-16(11-4-2-1-3-5-11)21-22-18(15)20-14(23)10-24-17/h1-9,17H,10,19H2,(H2,20,21,22,23). The van der Waals surface area contributed by atoms with Gasteiger partial charge in [-0.2, -0.15) is 5.10 Å². The summed E-state index contributed by atoms with van der Waals surface area (Å²) in [7, 11) is 2.08. The van der Waals surface area contributed by atoms with Crippen LogP contribution in [0.25, 0.3) is 11.3 Å². The zero-order valence-corrected chi connectivity index (χ0v) is 14.1. The number of benzene rings is 2. The molecule has 2 heterocycles. The number of nitrogens with zero attached hydrogens (tertiary/aromatic N) is 1. The number of carbonyl (C=O) groups excluding carboxylic acids is 1. The Morgan fingerprint density at radius 2 is 1.83 bits per heavy atom. The van der Waals surface area contributed by atoms with E-state index in [1.165, 1.54) is 11.0 Å². The van der Waals surface area contributed by atoms with Crippen molar-refractivity contribution in [2.75, 3.05) is 11.1 Å². The van der Waals surface area contributed by atoms with Gasteiger partial charge in [0.25, 0.3) is 0 Å². The number of thioether (sulfide) groups is 1. The lowest BCUT2D eigenvalue weighted by Gasteiger charge is -2.16. The van der Waals surface area contributed by atoms with Gasteiger partial charge >= 0.3 is 0 Å². The molecule has 1 aromatic heterocycles. The van der Waals surface area contributed by atoms with Crippen molar-refractivity contribution in [3.63, 3.8) is 0 Å². The molecular weight excluding hydrogens is 317 g/mol. The predicted molar refractivity (Wildman–Crippen MR) is 102 cm³/mol. The van der Waals surface area contributed by atoms with Gasteiger partial charge in [0.2, 0.25) is 5.91 Å². The van der Waals surface area contributed by atoms with E-state index in [9.17, 15) is 4.79 Å². The maximum absolute atomic E-state index is 12.0. The number of fused-ring (bicyclic) bond motifs is 1. The molecule has 1 atom stereocenters. The molecule has 0 spiro atoms. The number of amides is 1. The quantitative estimate of drug-likeness (QED) is 0.706. The first-order valence-corrected chi connectivity index (χ1v) is 8.89. The molecule has 0 radical (unpaired) electrons. The lowest BCUT2D eigenvalue weighted by atomic mass is 9.93. The minimum atomic E-state index is -0.000812. The third kappa shape index (κ3) is 2.74. The van der Waals surface area contributed by atoms with Crippen LogP contribution in [0.2, 0.25) is 0 Å². The van der Waals surface area contributed by atoms with Crippen molar-refractivity contribution in [3.05, 3.63) is 65.7 Å². The summed E-state index contributed by atoms with van der Waals surface area (Å²) >= 11 is 1.64. The molecule has 1 aliphatic rings. The number of rotatable bonds is 2. The van der Waals surface area contributed by atoms with E-state index in [4.69, 9.17) is 0 Å². The Morgan fingerprint density at radius 1 is 1.08 bits per heavy atom. The summed E-state index contributed by atoms with van der Waals surface area (Å²) in [4.78, 5) is 12.0. The Morgan fingerprint density at radius 3 is 2.58 bits per heavy atom. The Balaban J connectivity index is 1.87. The van der Waals surface area contributed by atoms with E-state index in [0.717, 1.165) is 16.8 Å². The second-order valence-corrected chi connectivity index (χ2v) is 6.97. The number of aromatic nitrogens is 2. The fourth-order valence-corrected chi connectivity index (χ4v) is 4.08. The number of anilines is 1. The highest BCUT2D eigenvalue weighted by molar-refractivity contribution is 8.00. The summed E-state index contributed by atoms with van der Waals surface area (Å²) in [5.41, 5.74) is 5.39. The zero-order valence-electron chi connectivity index (χ0n) is 13.2. The lowest BCUT2D eigenvalue weighted by Crippen LogP contribution is -2.12. The van der Waals surface area contributed by atoms with Gasteiger partial charge in [-0.1, -0.05) is 60.1 Å². The van der Waals surface area contributed by atoms with Crippen molar-refractivity contribution >= 4 is 36.8 Å². The van der Waals surface area contributed by atoms with Crippen LogP contribution >= 0.6 is 11.8 Å². The topological polar surface area (TPSA) is 57.8 Å². The highest BCUT2D eigenvalue weighted by Crippen LogP contribution is 2.44. The summed E-state index contributed by atoms with van der Waals surface area (Å²) in [6.45, 7) is 0. The molecular formula is C18H16BN3OS. The molecule has 3 aromatic rings. The number of hydrogen-bond donors (Lipinski definition) is 2. The Labute approximate surface area is 145 Å². The van der Waals surface area contributed by atoms with Crippen LogP contribution in [-0.2, 0) is 4.79 Å². The van der Waals surface area contributed by atoms with Gasteiger partial charge in [-0.15, -0.1) is 11.8 Å². The fourth-order valence-electron chi connectivity index (χ4n) is 2.94. The second-order valence-electron chi connectivity index (χ2n) is 5.88. The van der Waals surface area contributed by atoms with Crippen molar-refractivity contribution in [1.82, 2.24) is 10.2 Å². The first-order valence-electron chi connectivity index (χ1n) is 7.84. The smallest absolute Gasteiger partial charge is 0.235 e. The molecule has 24 heavy (non-hydrogen) atoms. The summed E-state index contributed by atoms with van der Waals surface area (Å²) in [6.07, 6.45) is 0. The highest BCUT2D eigenvalue weighted by Gasteiger charge is 2.29. The maximum Gasteiger partial charge on any atom is 0.235 e. The van der Waals surface area contributed by atoms with Crippen molar-refractivity contribution in [2.45, 2.75) is 5.25 Å². The van der Waals surface area contributed by atoms with Crippen molar-refractivity contribution in [2.24, 2.45) is 0 Å². The van der Waals surface area contributed by atoms with Crippen molar-refractivity contribution in [3.8, 4) is 11.3 Å². The number of nitrogens with one attached hydrogen (secondary N) is 2. The van der Waals surface area contributed by atoms with Gasteiger partial charge in [-0.3, -0.25) is 9.89 Å². The lowest BCUT2D eigenvalue weighted by molar-refractivity contribution is -0.113. The maximum atomic E-state index is 12.0. The molecule has 0 saturated carbocycles. The number of H-pyrrole nitrogens is 1. The molecule has 0 saturated heterocycles. The van der Waals surface area contributed by atoms with E-state index in [0.29, 0.717) is 11.6 Å². The SMILES string of the molecule is Bc1ccc(C2SCC(=O)Nc3[nH]nc(-c4ccccc4)c32)cc1. The van der Waals surface area contributed by atoms with Crippen LogP contribution in [0.5, 0.6) is 0 Å². The van der Waals surface area contributed by atoms with Gasteiger partial charge in [0.05, 0.1) is 16.7 Å². The van der Waals surface area contributed by atoms with Crippen LogP contribution < -0.4 is 10.8 Å². The van der Waals surface area contributed by atoms with E-state index >= 15 is 0 Å². The van der Waals surface area contributed by atoms with E-state index in [1.807, 2.05) is 30.3 Å². The summed E-state index contributed by atoms with van der Waals surface area (Å²) < 4.78 is 0. The molecule has 4 rings (SSSR count). The van der Waals surface area contributed by atoms with Crippen LogP contribution in [-0.4, -0.2) is 29.7 Å². The second kappa shape index (κ2) is 6.21. The van der Waals surface area contributed by atoms with Crippen molar-refractivity contribution in [1.29, 1.82) is 0 Å². The van der Waals surface area contributed by atoms with Gasteiger partial charge in [-0.05, 0) is 5.56 Å². The van der Waals surface area contributed by atoms with Crippen molar-refractivity contribution < 1.29 is 4.79 Å². The number of aromatic amines is 1. The highest BCUT2D eigenvalue weighted by atomic mass is 32.2. The summed E-state index contributed by atoms with van der Waals surface area (Å²) in [5, 5.41) is 10.5. The monoisotopic (exact) mass is 333 g/mol. The van der Waals surface area contributed by atoms with Crippen LogP contribution in [0.3, 0.4) is 0 Å². The largest absolute Gasteiger partial charge is 0.310 e. The van der Waals surface area contributed by atoms with E-state index < -0.39 is 0 Å². The molecule has 1 unspecified atom stereocenters. The third-order valence-electron chi connectivity index (χ3n) is 4.14. The molecule has 0 aliphatic carbocycles. The molecule has 118 valence electrons. The molecule has 0 bridgehead atoms. The normalized spacial score (nSPS) is 17.0. The van der Waals surface area contributed by atoms with Crippen LogP contribution in [0, 0.1) is 0 Å². The van der Waals surface area contributed by atoms with E-state index in [2.05, 4.69) is 47.6 Å².